The highest BCUT2D eigenvalue weighted by Crippen LogP contribution is 2.13. The molecule has 0 heterocycles. The minimum Gasteiger partial charge on any atom is -0.391 e. The van der Waals surface area contributed by atoms with E-state index >= 15 is 0 Å². The second-order valence-corrected chi connectivity index (χ2v) is 5.05. The van der Waals surface area contributed by atoms with E-state index in [1.54, 1.807) is 12.1 Å². The van der Waals surface area contributed by atoms with E-state index in [4.69, 9.17) is 0 Å². The van der Waals surface area contributed by atoms with Crippen LogP contribution < -0.4 is 5.32 Å². The topological polar surface area (TPSA) is 92.5 Å². The maximum Gasteiger partial charge on any atom is 0.269 e. The summed E-state index contributed by atoms with van der Waals surface area (Å²) in [4.78, 5) is 21.8. The average Bonchev–Trinajstić information content (AvgIpc) is 2.47. The number of carbonyl (C=O) groups is 1. The van der Waals surface area contributed by atoms with E-state index in [9.17, 15) is 20.0 Å². The number of aliphatic hydroxyl groups is 1. The fourth-order valence-corrected chi connectivity index (χ4v) is 2.20. The van der Waals surface area contributed by atoms with E-state index < -0.39 is 11.0 Å². The second-order valence-electron chi connectivity index (χ2n) is 5.05. The van der Waals surface area contributed by atoms with Gasteiger partial charge in [0.2, 0.25) is 5.91 Å². The second kappa shape index (κ2) is 8.36. The fraction of sp³-hybridized carbons (Fsp3) is 0.533. The summed E-state index contributed by atoms with van der Waals surface area (Å²) in [7, 11) is 0. The Hall–Kier alpha value is -1.95. The first-order valence-corrected chi connectivity index (χ1v) is 7.16. The SMILES string of the molecule is CCC(CC)C(O)CNC(=O)Cc1ccc([N+](=O)[O-])cc1. The van der Waals surface area contributed by atoms with Crippen LogP contribution in [0.1, 0.15) is 32.3 Å². The largest absolute Gasteiger partial charge is 0.391 e. The lowest BCUT2D eigenvalue weighted by Gasteiger charge is -2.20. The minimum atomic E-state index is -0.541. The molecule has 0 saturated carbocycles. The van der Waals surface area contributed by atoms with Crippen LogP contribution in [0, 0.1) is 16.0 Å². The molecule has 1 amide bonds. The van der Waals surface area contributed by atoms with Crippen LogP contribution in [0.2, 0.25) is 0 Å². The van der Waals surface area contributed by atoms with Crippen molar-refractivity contribution in [3.8, 4) is 0 Å². The number of nitro benzene ring substituents is 1. The highest BCUT2D eigenvalue weighted by Gasteiger charge is 2.16. The number of nitrogens with zero attached hydrogens (tertiary/aromatic N) is 1. The van der Waals surface area contributed by atoms with E-state index in [0.717, 1.165) is 12.8 Å². The zero-order chi connectivity index (χ0) is 15.8. The number of rotatable bonds is 8. The van der Waals surface area contributed by atoms with Gasteiger partial charge in [0.25, 0.3) is 5.69 Å². The standard InChI is InChI=1S/C15H22N2O4/c1-3-12(4-2)14(18)10-16-15(19)9-11-5-7-13(8-6-11)17(20)21/h5-8,12,14,18H,3-4,9-10H2,1-2H3,(H,16,19). The van der Waals surface area contributed by atoms with Crippen LogP contribution in [0.25, 0.3) is 0 Å². The number of non-ortho nitro benzene ring substituents is 1. The van der Waals surface area contributed by atoms with Gasteiger partial charge in [0, 0.05) is 18.7 Å². The summed E-state index contributed by atoms with van der Waals surface area (Å²) in [5.41, 5.74) is 0.707. The van der Waals surface area contributed by atoms with E-state index in [2.05, 4.69) is 5.32 Å². The Balaban J connectivity index is 2.45. The molecule has 1 atom stereocenters. The fourth-order valence-electron chi connectivity index (χ4n) is 2.20. The lowest BCUT2D eigenvalue weighted by atomic mass is 9.96. The predicted molar refractivity (Wildman–Crippen MR) is 79.9 cm³/mol. The smallest absolute Gasteiger partial charge is 0.269 e. The summed E-state index contributed by atoms with van der Waals surface area (Å²) in [6.45, 7) is 4.25. The summed E-state index contributed by atoms with van der Waals surface area (Å²) >= 11 is 0. The molecule has 1 aromatic rings. The first-order valence-electron chi connectivity index (χ1n) is 7.16. The molecule has 0 aromatic heterocycles. The van der Waals surface area contributed by atoms with Crippen molar-refractivity contribution in [1.29, 1.82) is 0 Å². The number of carbonyl (C=O) groups excluding carboxylic acids is 1. The minimum absolute atomic E-state index is 0.00307. The van der Waals surface area contributed by atoms with Gasteiger partial charge < -0.3 is 10.4 Å². The first kappa shape index (κ1) is 17.1. The molecule has 0 aliphatic rings. The Bertz CT molecular complexity index is 469. The molecular weight excluding hydrogens is 272 g/mol. The van der Waals surface area contributed by atoms with E-state index in [1.165, 1.54) is 12.1 Å². The summed E-state index contributed by atoms with van der Waals surface area (Å²) in [5.74, 6) is -0.0152. The lowest BCUT2D eigenvalue weighted by molar-refractivity contribution is -0.384. The van der Waals surface area contributed by atoms with Crippen molar-refractivity contribution in [3.05, 3.63) is 39.9 Å². The highest BCUT2D eigenvalue weighted by atomic mass is 16.6. The normalized spacial score (nSPS) is 12.2. The highest BCUT2D eigenvalue weighted by molar-refractivity contribution is 5.78. The van der Waals surface area contributed by atoms with Crippen LogP contribution in [0.15, 0.2) is 24.3 Å². The van der Waals surface area contributed by atoms with Gasteiger partial charge in [-0.25, -0.2) is 0 Å². The van der Waals surface area contributed by atoms with Crippen molar-refractivity contribution in [3.63, 3.8) is 0 Å². The van der Waals surface area contributed by atoms with Gasteiger partial charge in [-0.15, -0.1) is 0 Å². The lowest BCUT2D eigenvalue weighted by Crippen LogP contribution is -2.36. The quantitative estimate of drug-likeness (QED) is 0.567. The third-order valence-corrected chi connectivity index (χ3v) is 3.61. The van der Waals surface area contributed by atoms with Crippen LogP contribution in [-0.4, -0.2) is 28.6 Å². The molecule has 0 aliphatic heterocycles. The van der Waals surface area contributed by atoms with Gasteiger partial charge in [0.05, 0.1) is 17.4 Å². The predicted octanol–water partition coefficient (Wildman–Crippen LogP) is 2.05. The van der Waals surface area contributed by atoms with E-state index in [0.29, 0.717) is 5.56 Å². The van der Waals surface area contributed by atoms with Crippen molar-refractivity contribution in [1.82, 2.24) is 5.32 Å². The van der Waals surface area contributed by atoms with Gasteiger partial charge in [-0.2, -0.15) is 0 Å². The molecule has 0 spiro atoms. The molecule has 0 radical (unpaired) electrons. The zero-order valence-corrected chi connectivity index (χ0v) is 12.4. The van der Waals surface area contributed by atoms with E-state index in [1.807, 2.05) is 13.8 Å². The average molecular weight is 294 g/mol. The van der Waals surface area contributed by atoms with Gasteiger partial charge >= 0.3 is 0 Å². The summed E-state index contributed by atoms with van der Waals surface area (Å²) in [6.07, 6.45) is 1.35. The van der Waals surface area contributed by atoms with Crippen LogP contribution in [0.5, 0.6) is 0 Å². The number of nitro groups is 1. The Morgan fingerprint density at radius 3 is 2.33 bits per heavy atom. The molecule has 2 N–H and O–H groups in total. The summed E-state index contributed by atoms with van der Waals surface area (Å²) < 4.78 is 0. The van der Waals surface area contributed by atoms with Gasteiger partial charge in [-0.1, -0.05) is 38.8 Å². The molecule has 0 fully saturated rings. The van der Waals surface area contributed by atoms with Crippen molar-refractivity contribution in [2.45, 2.75) is 39.2 Å². The third-order valence-electron chi connectivity index (χ3n) is 3.61. The molecule has 1 aromatic carbocycles. The zero-order valence-electron chi connectivity index (χ0n) is 12.4. The van der Waals surface area contributed by atoms with Crippen LogP contribution >= 0.6 is 0 Å². The Morgan fingerprint density at radius 1 is 1.29 bits per heavy atom. The molecule has 1 unspecified atom stereocenters. The van der Waals surface area contributed by atoms with Crippen molar-refractivity contribution in [2.75, 3.05) is 6.54 Å². The number of hydrogen-bond acceptors (Lipinski definition) is 4. The third kappa shape index (κ3) is 5.51. The molecule has 6 heteroatoms. The van der Waals surface area contributed by atoms with Crippen molar-refractivity contribution >= 4 is 11.6 Å². The van der Waals surface area contributed by atoms with Gasteiger partial charge in [0.15, 0.2) is 0 Å². The maximum absolute atomic E-state index is 11.8. The van der Waals surface area contributed by atoms with Gasteiger partial charge in [-0.3, -0.25) is 14.9 Å². The molecule has 116 valence electrons. The number of aliphatic hydroxyl groups excluding tert-OH is 1. The van der Waals surface area contributed by atoms with Gasteiger partial charge in [-0.05, 0) is 11.5 Å². The Morgan fingerprint density at radius 2 is 1.86 bits per heavy atom. The summed E-state index contributed by atoms with van der Waals surface area (Å²) in [5, 5.41) is 23.2. The molecule has 0 aliphatic carbocycles. The first-order chi connectivity index (χ1) is 9.97. The van der Waals surface area contributed by atoms with Crippen molar-refractivity contribution < 1.29 is 14.8 Å². The van der Waals surface area contributed by atoms with Crippen LogP contribution in [-0.2, 0) is 11.2 Å². The monoisotopic (exact) mass is 294 g/mol. The number of amides is 1. The molecule has 1 rings (SSSR count). The van der Waals surface area contributed by atoms with Crippen LogP contribution in [0.3, 0.4) is 0 Å². The number of benzene rings is 1. The van der Waals surface area contributed by atoms with Gasteiger partial charge in [0.1, 0.15) is 0 Å². The molecule has 21 heavy (non-hydrogen) atoms. The Kier molecular flexibility index (Phi) is 6.81. The Labute approximate surface area is 124 Å². The van der Waals surface area contributed by atoms with E-state index in [-0.39, 0.29) is 30.5 Å². The van der Waals surface area contributed by atoms with Crippen LogP contribution in [0.4, 0.5) is 5.69 Å². The molecular formula is C15H22N2O4. The van der Waals surface area contributed by atoms with Crippen molar-refractivity contribution in [2.24, 2.45) is 5.92 Å². The maximum atomic E-state index is 11.8. The molecule has 0 saturated heterocycles. The molecule has 6 nitrogen and oxygen atoms in total. The number of hydrogen-bond donors (Lipinski definition) is 2. The summed E-state index contributed by atoms with van der Waals surface area (Å²) in [6, 6.07) is 5.88. The molecule has 0 bridgehead atoms. The number of nitrogens with one attached hydrogen (secondary N) is 1.